The van der Waals surface area contributed by atoms with Gasteiger partial charge in [0.15, 0.2) is 5.75 Å². The van der Waals surface area contributed by atoms with Crippen LogP contribution in [0, 0.1) is 0 Å². The number of nitrogens with zero attached hydrogens (tertiary/aromatic N) is 1. The zero-order chi connectivity index (χ0) is 19.3. The van der Waals surface area contributed by atoms with Gasteiger partial charge in [-0.3, -0.25) is 4.79 Å². The SMILES string of the molecule is O=C(Cc1csc(-c2ccsc2)n1)Nc1ccccc1Oc1ccccc1Cl. The summed E-state index contributed by atoms with van der Waals surface area (Å²) in [7, 11) is 0. The number of thiophene rings is 1. The van der Waals surface area contributed by atoms with Gasteiger partial charge in [0.2, 0.25) is 5.91 Å². The van der Waals surface area contributed by atoms with Gasteiger partial charge >= 0.3 is 0 Å². The number of thiazole rings is 1. The highest BCUT2D eigenvalue weighted by molar-refractivity contribution is 7.14. The molecule has 2 aromatic carbocycles. The van der Waals surface area contributed by atoms with Crippen molar-refractivity contribution in [2.75, 3.05) is 5.32 Å². The Morgan fingerprint density at radius 2 is 1.82 bits per heavy atom. The van der Waals surface area contributed by atoms with Crippen molar-refractivity contribution in [2.24, 2.45) is 0 Å². The summed E-state index contributed by atoms with van der Waals surface area (Å²) in [4.78, 5) is 17.1. The first-order valence-electron chi connectivity index (χ1n) is 8.47. The molecule has 28 heavy (non-hydrogen) atoms. The molecule has 140 valence electrons. The van der Waals surface area contributed by atoms with Gasteiger partial charge < -0.3 is 10.1 Å². The minimum absolute atomic E-state index is 0.155. The molecule has 0 aliphatic rings. The lowest BCUT2D eigenvalue weighted by molar-refractivity contribution is -0.115. The summed E-state index contributed by atoms with van der Waals surface area (Å²) >= 11 is 9.33. The molecule has 7 heteroatoms. The van der Waals surface area contributed by atoms with Crippen molar-refractivity contribution in [3.05, 3.63) is 81.5 Å². The molecule has 0 spiro atoms. The van der Waals surface area contributed by atoms with E-state index in [1.807, 2.05) is 46.5 Å². The predicted octanol–water partition coefficient (Wildman–Crippen LogP) is 6.50. The Morgan fingerprint density at radius 1 is 1.04 bits per heavy atom. The van der Waals surface area contributed by atoms with Gasteiger partial charge in [-0.25, -0.2) is 4.98 Å². The van der Waals surface area contributed by atoms with E-state index in [9.17, 15) is 4.79 Å². The second-order valence-corrected chi connectivity index (χ2v) is 7.95. The minimum atomic E-state index is -0.155. The van der Waals surface area contributed by atoms with Crippen LogP contribution < -0.4 is 10.1 Å². The first-order chi connectivity index (χ1) is 13.7. The molecule has 0 radical (unpaired) electrons. The van der Waals surface area contributed by atoms with Crippen molar-refractivity contribution in [1.29, 1.82) is 0 Å². The first-order valence-corrected chi connectivity index (χ1v) is 10.7. The molecule has 0 saturated carbocycles. The average Bonchev–Trinajstić information content (AvgIpc) is 3.37. The number of hydrogen-bond donors (Lipinski definition) is 1. The van der Waals surface area contributed by atoms with Crippen molar-refractivity contribution in [3.63, 3.8) is 0 Å². The number of ether oxygens (including phenoxy) is 1. The number of aromatic nitrogens is 1. The van der Waals surface area contributed by atoms with Crippen LogP contribution in [0.3, 0.4) is 0 Å². The van der Waals surface area contributed by atoms with E-state index in [0.717, 1.165) is 16.3 Å². The molecule has 2 heterocycles. The Hall–Kier alpha value is -2.67. The molecular formula is C21H15ClN2O2S2. The van der Waals surface area contributed by atoms with Gasteiger partial charge in [-0.2, -0.15) is 11.3 Å². The number of para-hydroxylation sites is 3. The van der Waals surface area contributed by atoms with Crippen LogP contribution in [-0.2, 0) is 11.2 Å². The van der Waals surface area contributed by atoms with Gasteiger partial charge in [0, 0.05) is 16.3 Å². The Balaban J connectivity index is 1.46. The molecule has 0 unspecified atom stereocenters. The second-order valence-electron chi connectivity index (χ2n) is 5.91. The normalized spacial score (nSPS) is 10.6. The van der Waals surface area contributed by atoms with Crippen LogP contribution in [0.25, 0.3) is 10.6 Å². The summed E-state index contributed by atoms with van der Waals surface area (Å²) < 4.78 is 5.89. The fraction of sp³-hybridized carbons (Fsp3) is 0.0476. The van der Waals surface area contributed by atoms with Gasteiger partial charge in [0.1, 0.15) is 10.8 Å². The lowest BCUT2D eigenvalue weighted by atomic mass is 10.2. The van der Waals surface area contributed by atoms with Crippen molar-refractivity contribution in [1.82, 2.24) is 4.98 Å². The van der Waals surface area contributed by atoms with Crippen molar-refractivity contribution < 1.29 is 9.53 Å². The van der Waals surface area contributed by atoms with E-state index in [2.05, 4.69) is 10.3 Å². The number of amides is 1. The van der Waals surface area contributed by atoms with Crippen LogP contribution in [0.2, 0.25) is 5.02 Å². The predicted molar refractivity (Wildman–Crippen MR) is 116 cm³/mol. The zero-order valence-electron chi connectivity index (χ0n) is 14.6. The third-order valence-corrected chi connectivity index (χ3v) is 5.81. The number of carbonyl (C=O) groups excluding carboxylic acids is 1. The molecule has 0 aliphatic carbocycles. The maximum Gasteiger partial charge on any atom is 0.230 e. The van der Waals surface area contributed by atoms with Crippen LogP contribution in [-0.4, -0.2) is 10.9 Å². The number of rotatable bonds is 6. The standard InChI is InChI=1S/C21H15ClN2O2S2/c22-16-5-1-3-7-18(16)26-19-8-4-2-6-17(19)24-20(25)11-15-13-28-21(23-15)14-9-10-27-12-14/h1-10,12-13H,11H2,(H,24,25). The molecule has 0 fully saturated rings. The lowest BCUT2D eigenvalue weighted by Crippen LogP contribution is -2.15. The third-order valence-electron chi connectivity index (χ3n) is 3.88. The molecular weight excluding hydrogens is 412 g/mol. The fourth-order valence-electron chi connectivity index (χ4n) is 2.57. The van der Waals surface area contributed by atoms with Crippen LogP contribution in [0.15, 0.2) is 70.7 Å². The van der Waals surface area contributed by atoms with Gasteiger partial charge in [-0.15, -0.1) is 11.3 Å². The highest BCUT2D eigenvalue weighted by Gasteiger charge is 2.13. The zero-order valence-corrected chi connectivity index (χ0v) is 17.0. The average molecular weight is 427 g/mol. The van der Waals surface area contributed by atoms with Crippen molar-refractivity contribution in [3.8, 4) is 22.1 Å². The quantitative estimate of drug-likeness (QED) is 0.383. The molecule has 1 amide bonds. The molecule has 4 nitrogen and oxygen atoms in total. The van der Waals surface area contributed by atoms with Gasteiger partial charge in [-0.05, 0) is 35.7 Å². The van der Waals surface area contributed by atoms with E-state index in [-0.39, 0.29) is 12.3 Å². The van der Waals surface area contributed by atoms with E-state index in [1.165, 1.54) is 11.3 Å². The first kappa shape index (κ1) is 18.7. The van der Waals surface area contributed by atoms with Gasteiger partial charge in [0.05, 0.1) is 22.8 Å². The summed E-state index contributed by atoms with van der Waals surface area (Å²) in [5, 5.41) is 10.3. The topological polar surface area (TPSA) is 51.2 Å². The number of hydrogen-bond acceptors (Lipinski definition) is 5. The van der Waals surface area contributed by atoms with Crippen LogP contribution in [0.5, 0.6) is 11.5 Å². The number of anilines is 1. The Kier molecular flexibility index (Phi) is 5.71. The summed E-state index contributed by atoms with van der Waals surface area (Å²) in [6.07, 6.45) is 0.196. The second kappa shape index (κ2) is 8.56. The third kappa shape index (κ3) is 4.42. The van der Waals surface area contributed by atoms with Crippen LogP contribution >= 0.6 is 34.3 Å². The number of halogens is 1. The van der Waals surface area contributed by atoms with Crippen LogP contribution in [0.1, 0.15) is 5.69 Å². The lowest BCUT2D eigenvalue weighted by Gasteiger charge is -2.12. The minimum Gasteiger partial charge on any atom is -0.454 e. The highest BCUT2D eigenvalue weighted by Crippen LogP contribution is 2.33. The van der Waals surface area contributed by atoms with E-state index in [0.29, 0.717) is 22.2 Å². The van der Waals surface area contributed by atoms with Crippen molar-refractivity contribution >= 4 is 45.9 Å². The fourth-order valence-corrected chi connectivity index (χ4v) is 4.28. The van der Waals surface area contributed by atoms with Gasteiger partial charge in [-0.1, -0.05) is 35.9 Å². The highest BCUT2D eigenvalue weighted by atomic mass is 35.5. The maximum atomic E-state index is 12.5. The molecule has 2 aromatic heterocycles. The number of nitrogens with one attached hydrogen (secondary N) is 1. The molecule has 0 bridgehead atoms. The molecule has 4 aromatic rings. The number of carbonyl (C=O) groups is 1. The molecule has 0 aliphatic heterocycles. The van der Waals surface area contributed by atoms with E-state index < -0.39 is 0 Å². The Bertz CT molecular complexity index is 1090. The van der Waals surface area contributed by atoms with E-state index in [1.54, 1.807) is 35.6 Å². The van der Waals surface area contributed by atoms with Crippen molar-refractivity contribution in [2.45, 2.75) is 6.42 Å². The Labute approximate surface area is 175 Å². The summed E-state index contributed by atoms with van der Waals surface area (Å²) in [6.45, 7) is 0. The molecule has 0 atom stereocenters. The van der Waals surface area contributed by atoms with Crippen LogP contribution in [0.4, 0.5) is 5.69 Å². The number of benzene rings is 2. The maximum absolute atomic E-state index is 12.5. The summed E-state index contributed by atoms with van der Waals surface area (Å²) in [5.74, 6) is 0.907. The van der Waals surface area contributed by atoms with E-state index in [4.69, 9.17) is 16.3 Å². The van der Waals surface area contributed by atoms with Gasteiger partial charge in [0.25, 0.3) is 0 Å². The molecule has 1 N–H and O–H groups in total. The smallest absolute Gasteiger partial charge is 0.230 e. The summed E-state index contributed by atoms with van der Waals surface area (Å²) in [5.41, 5.74) is 2.41. The Morgan fingerprint density at radius 3 is 2.61 bits per heavy atom. The summed E-state index contributed by atoms with van der Waals surface area (Å²) in [6, 6.07) is 16.5. The molecule has 4 rings (SSSR count). The molecule has 0 saturated heterocycles. The largest absolute Gasteiger partial charge is 0.454 e. The van der Waals surface area contributed by atoms with E-state index >= 15 is 0 Å². The monoisotopic (exact) mass is 426 g/mol.